The summed E-state index contributed by atoms with van der Waals surface area (Å²) in [5, 5.41) is 0. The van der Waals surface area contributed by atoms with Gasteiger partial charge in [-0.25, -0.2) is 18.2 Å². The Bertz CT molecular complexity index is 333. The van der Waals surface area contributed by atoms with Gasteiger partial charge in [-0.05, 0) is 6.07 Å². The van der Waals surface area contributed by atoms with E-state index in [4.69, 9.17) is 11.6 Å². The van der Waals surface area contributed by atoms with E-state index in [0.717, 1.165) is 13.2 Å². The Morgan fingerprint density at radius 1 is 1.57 bits per heavy atom. The van der Waals surface area contributed by atoms with E-state index >= 15 is 0 Å². The van der Waals surface area contributed by atoms with E-state index in [2.05, 4.69) is 9.72 Å². The predicted octanol–water partition coefficient (Wildman–Crippen LogP) is 2.91. The van der Waals surface area contributed by atoms with E-state index in [-0.39, 0.29) is 11.6 Å². The minimum absolute atomic E-state index is 0.0731. The number of rotatable bonds is 3. The van der Waals surface area contributed by atoms with Crippen molar-refractivity contribution >= 4 is 11.6 Å². The van der Waals surface area contributed by atoms with Crippen LogP contribution in [0.1, 0.15) is 17.7 Å². The van der Waals surface area contributed by atoms with E-state index < -0.39 is 23.7 Å². The van der Waals surface area contributed by atoms with Crippen molar-refractivity contribution in [1.82, 2.24) is 4.98 Å². The van der Waals surface area contributed by atoms with Crippen LogP contribution < -0.4 is 4.74 Å². The molecule has 0 fully saturated rings. The van der Waals surface area contributed by atoms with Gasteiger partial charge < -0.3 is 4.74 Å². The van der Waals surface area contributed by atoms with Gasteiger partial charge in [0, 0.05) is 0 Å². The molecule has 2 nitrogen and oxygen atoms in total. The molecule has 0 saturated carbocycles. The minimum Gasteiger partial charge on any atom is -0.479 e. The zero-order chi connectivity index (χ0) is 10.7. The predicted molar refractivity (Wildman–Crippen MR) is 45.3 cm³/mol. The normalized spacial score (nSPS) is 10.7. The molecule has 6 heteroatoms. The number of ether oxygens (including phenoxy) is 1. The summed E-state index contributed by atoms with van der Waals surface area (Å²) in [5.74, 6) is -1.68. The van der Waals surface area contributed by atoms with E-state index in [0.29, 0.717) is 0 Å². The molecule has 0 spiro atoms. The average Bonchev–Trinajstić information content (AvgIpc) is 2.17. The van der Waals surface area contributed by atoms with Crippen LogP contribution in [0.4, 0.5) is 13.2 Å². The van der Waals surface area contributed by atoms with E-state index in [1.54, 1.807) is 0 Å². The van der Waals surface area contributed by atoms with Crippen molar-refractivity contribution < 1.29 is 17.9 Å². The molecule has 1 aromatic heterocycles. The number of aromatic nitrogens is 1. The van der Waals surface area contributed by atoms with E-state index in [9.17, 15) is 13.2 Å². The zero-order valence-electron chi connectivity index (χ0n) is 7.23. The molecule has 78 valence electrons. The molecule has 0 amide bonds. The molecule has 0 aliphatic heterocycles. The Kier molecular flexibility index (Phi) is 3.57. The van der Waals surface area contributed by atoms with Crippen LogP contribution in [0, 0.1) is 5.82 Å². The summed E-state index contributed by atoms with van der Waals surface area (Å²) in [7, 11) is 1.15. The molecule has 0 unspecified atom stereocenters. The summed E-state index contributed by atoms with van der Waals surface area (Å²) in [4.78, 5) is 3.59. The second kappa shape index (κ2) is 4.50. The summed E-state index contributed by atoms with van der Waals surface area (Å²) in [5.41, 5.74) is -0.590. The van der Waals surface area contributed by atoms with E-state index in [1.807, 2.05) is 0 Å². The van der Waals surface area contributed by atoms with E-state index in [1.165, 1.54) is 0 Å². The third-order valence-electron chi connectivity index (χ3n) is 1.57. The lowest BCUT2D eigenvalue weighted by Gasteiger charge is -2.07. The zero-order valence-corrected chi connectivity index (χ0v) is 7.99. The van der Waals surface area contributed by atoms with Crippen LogP contribution in [-0.4, -0.2) is 12.1 Å². The molecule has 0 aromatic carbocycles. The fourth-order valence-electron chi connectivity index (χ4n) is 0.941. The molecule has 14 heavy (non-hydrogen) atoms. The average molecular weight is 226 g/mol. The molecular weight excluding hydrogens is 219 g/mol. The van der Waals surface area contributed by atoms with Crippen molar-refractivity contribution in [2.45, 2.75) is 12.3 Å². The monoisotopic (exact) mass is 225 g/mol. The van der Waals surface area contributed by atoms with Crippen molar-refractivity contribution in [2.75, 3.05) is 7.11 Å². The van der Waals surface area contributed by atoms with Crippen molar-refractivity contribution in [1.29, 1.82) is 0 Å². The lowest BCUT2D eigenvalue weighted by atomic mass is 10.2. The van der Waals surface area contributed by atoms with Gasteiger partial charge in [0.15, 0.2) is 5.82 Å². The third kappa shape index (κ3) is 2.09. The maximum absolute atomic E-state index is 13.1. The van der Waals surface area contributed by atoms with Crippen molar-refractivity contribution in [3.63, 3.8) is 0 Å². The van der Waals surface area contributed by atoms with Crippen molar-refractivity contribution in [3.8, 4) is 5.88 Å². The highest BCUT2D eigenvalue weighted by Crippen LogP contribution is 2.28. The van der Waals surface area contributed by atoms with Gasteiger partial charge in [-0.15, -0.1) is 11.6 Å². The number of pyridine rings is 1. The number of hydrogen-bond donors (Lipinski definition) is 0. The van der Waals surface area contributed by atoms with Crippen LogP contribution in [0.15, 0.2) is 6.07 Å². The minimum atomic E-state index is -2.91. The van der Waals surface area contributed by atoms with Gasteiger partial charge in [0.05, 0.1) is 24.2 Å². The number of hydrogen-bond acceptors (Lipinski definition) is 2. The lowest BCUT2D eigenvalue weighted by molar-refractivity contribution is 0.144. The molecule has 0 bridgehead atoms. The third-order valence-corrected chi connectivity index (χ3v) is 1.85. The number of nitrogens with zero attached hydrogens (tertiary/aromatic N) is 1. The van der Waals surface area contributed by atoms with Gasteiger partial charge in [-0.2, -0.15) is 0 Å². The number of halogens is 4. The highest BCUT2D eigenvalue weighted by atomic mass is 35.5. The van der Waals surface area contributed by atoms with Crippen LogP contribution in [0.3, 0.4) is 0 Å². The molecule has 1 rings (SSSR count). The molecule has 1 heterocycles. The van der Waals surface area contributed by atoms with Crippen LogP contribution >= 0.6 is 11.6 Å². The van der Waals surface area contributed by atoms with Crippen LogP contribution in [-0.2, 0) is 5.88 Å². The Labute approximate surface area is 83.7 Å². The summed E-state index contributed by atoms with van der Waals surface area (Å²) in [6.45, 7) is 0. The quantitative estimate of drug-likeness (QED) is 0.738. The van der Waals surface area contributed by atoms with Crippen LogP contribution in [0.25, 0.3) is 0 Å². The van der Waals surface area contributed by atoms with Gasteiger partial charge >= 0.3 is 0 Å². The van der Waals surface area contributed by atoms with Crippen LogP contribution in [0.2, 0.25) is 0 Å². The van der Waals surface area contributed by atoms with Crippen LogP contribution in [0.5, 0.6) is 5.88 Å². The molecule has 0 N–H and O–H groups in total. The SMILES string of the molecule is COc1nc(CCl)cc(C(F)F)c1F. The molecule has 0 aliphatic carbocycles. The highest BCUT2D eigenvalue weighted by Gasteiger charge is 2.19. The fraction of sp³-hybridized carbons (Fsp3) is 0.375. The second-order valence-corrected chi connectivity index (χ2v) is 2.73. The van der Waals surface area contributed by atoms with Gasteiger partial charge in [-0.1, -0.05) is 0 Å². The smallest absolute Gasteiger partial charge is 0.266 e. The first-order valence-corrected chi connectivity index (χ1v) is 4.21. The van der Waals surface area contributed by atoms with Gasteiger partial charge in [0.25, 0.3) is 12.3 Å². The van der Waals surface area contributed by atoms with Gasteiger partial charge in [0.2, 0.25) is 0 Å². The van der Waals surface area contributed by atoms with Gasteiger partial charge in [0.1, 0.15) is 0 Å². The van der Waals surface area contributed by atoms with Gasteiger partial charge in [-0.3, -0.25) is 0 Å². The summed E-state index contributed by atoms with van der Waals surface area (Å²) in [6.07, 6.45) is -2.91. The Balaban J connectivity index is 3.27. The van der Waals surface area contributed by atoms with Crippen molar-refractivity contribution in [3.05, 3.63) is 23.1 Å². The number of methoxy groups -OCH3 is 1. The first-order chi connectivity index (χ1) is 6.60. The molecule has 0 radical (unpaired) electrons. The highest BCUT2D eigenvalue weighted by molar-refractivity contribution is 6.16. The summed E-state index contributed by atoms with van der Waals surface area (Å²) in [6, 6.07) is 0.926. The molecule has 0 atom stereocenters. The first-order valence-electron chi connectivity index (χ1n) is 3.67. The molecule has 0 aliphatic rings. The first kappa shape index (κ1) is 11.1. The fourth-order valence-corrected chi connectivity index (χ4v) is 1.08. The Morgan fingerprint density at radius 2 is 2.21 bits per heavy atom. The second-order valence-electron chi connectivity index (χ2n) is 2.46. The summed E-state index contributed by atoms with van der Waals surface area (Å²) < 4.78 is 42.2. The largest absolute Gasteiger partial charge is 0.479 e. The maximum Gasteiger partial charge on any atom is 0.266 e. The molecule has 0 saturated heterocycles. The number of alkyl halides is 3. The Hall–Kier alpha value is -0.970. The summed E-state index contributed by atoms with van der Waals surface area (Å²) >= 11 is 5.40. The van der Waals surface area contributed by atoms with Crippen molar-refractivity contribution in [2.24, 2.45) is 0 Å². The lowest BCUT2D eigenvalue weighted by Crippen LogP contribution is -2.01. The standard InChI is InChI=1S/C8H7ClF3NO/c1-14-8-6(10)5(7(11)12)2-4(3-9)13-8/h2,7H,3H2,1H3. The molecular formula is C8H7ClF3NO. The molecule has 1 aromatic rings. The Morgan fingerprint density at radius 3 is 2.64 bits per heavy atom. The maximum atomic E-state index is 13.1. The topological polar surface area (TPSA) is 22.1 Å².